The van der Waals surface area contributed by atoms with Gasteiger partial charge >= 0.3 is 0 Å². The van der Waals surface area contributed by atoms with Crippen LogP contribution in [0.5, 0.6) is 0 Å². The molecule has 0 N–H and O–H groups in total. The molecular formula is C18H19N5O. The van der Waals surface area contributed by atoms with Crippen molar-refractivity contribution in [3.05, 3.63) is 72.1 Å². The summed E-state index contributed by atoms with van der Waals surface area (Å²) in [6, 6.07) is 20.4. The van der Waals surface area contributed by atoms with E-state index >= 15 is 0 Å². The first kappa shape index (κ1) is 15.0. The molecule has 0 bridgehead atoms. The van der Waals surface area contributed by atoms with E-state index in [1.807, 2.05) is 41.1 Å². The number of hydrogen-bond donors (Lipinski definition) is 0. The Hall–Kier alpha value is -2.57. The monoisotopic (exact) mass is 321 g/mol. The molecule has 0 aliphatic carbocycles. The van der Waals surface area contributed by atoms with Gasteiger partial charge < -0.3 is 4.74 Å². The molecular weight excluding hydrogens is 302 g/mol. The lowest BCUT2D eigenvalue weighted by Gasteiger charge is -2.33. The zero-order valence-corrected chi connectivity index (χ0v) is 13.3. The lowest BCUT2D eigenvalue weighted by Crippen LogP contribution is -2.40. The van der Waals surface area contributed by atoms with Crippen LogP contribution in [0, 0.1) is 0 Å². The molecule has 1 aromatic heterocycles. The normalized spacial score (nSPS) is 16.8. The van der Waals surface area contributed by atoms with Gasteiger partial charge in [-0.2, -0.15) is 4.68 Å². The van der Waals surface area contributed by atoms with E-state index in [0.29, 0.717) is 0 Å². The predicted molar refractivity (Wildman–Crippen MR) is 89.8 cm³/mol. The molecule has 6 nitrogen and oxygen atoms in total. The van der Waals surface area contributed by atoms with Gasteiger partial charge in [0, 0.05) is 13.1 Å². The summed E-state index contributed by atoms with van der Waals surface area (Å²) in [6.45, 7) is 3.19. The summed E-state index contributed by atoms with van der Waals surface area (Å²) in [5.74, 6) is 0.828. The Labute approximate surface area is 140 Å². The Morgan fingerprint density at radius 1 is 0.875 bits per heavy atom. The molecule has 1 aliphatic rings. The Bertz CT molecular complexity index is 768. The number of nitrogens with zero attached hydrogens (tertiary/aromatic N) is 5. The average molecular weight is 321 g/mol. The van der Waals surface area contributed by atoms with Crippen molar-refractivity contribution in [3.63, 3.8) is 0 Å². The van der Waals surface area contributed by atoms with Crippen LogP contribution in [0.3, 0.4) is 0 Å². The number of tetrazole rings is 1. The van der Waals surface area contributed by atoms with Gasteiger partial charge in [0.25, 0.3) is 0 Å². The highest BCUT2D eigenvalue weighted by Gasteiger charge is 2.29. The SMILES string of the molecule is c1ccc([C@H](c2nnnn2-c2ccccc2)N2CCOCC2)cc1. The van der Waals surface area contributed by atoms with Gasteiger partial charge in [0.1, 0.15) is 0 Å². The van der Waals surface area contributed by atoms with Crippen molar-refractivity contribution in [2.75, 3.05) is 26.3 Å². The van der Waals surface area contributed by atoms with Crippen molar-refractivity contribution in [1.29, 1.82) is 0 Å². The second kappa shape index (κ2) is 6.90. The molecule has 1 saturated heterocycles. The number of morpholine rings is 1. The predicted octanol–water partition coefficient (Wildman–Crippen LogP) is 2.08. The van der Waals surface area contributed by atoms with Crippen molar-refractivity contribution in [2.24, 2.45) is 0 Å². The first-order chi connectivity index (χ1) is 11.9. The lowest BCUT2D eigenvalue weighted by molar-refractivity contribution is 0.0220. The summed E-state index contributed by atoms with van der Waals surface area (Å²) in [5, 5.41) is 12.5. The van der Waals surface area contributed by atoms with Crippen LogP contribution >= 0.6 is 0 Å². The zero-order chi connectivity index (χ0) is 16.2. The minimum Gasteiger partial charge on any atom is -0.379 e. The van der Waals surface area contributed by atoms with Gasteiger partial charge in [-0.25, -0.2) is 0 Å². The summed E-state index contributed by atoms with van der Waals surface area (Å²) in [4.78, 5) is 2.38. The second-order valence-corrected chi connectivity index (χ2v) is 5.75. The first-order valence-electron chi connectivity index (χ1n) is 8.14. The molecule has 0 spiro atoms. The summed E-state index contributed by atoms with van der Waals surface area (Å²) < 4.78 is 7.34. The molecule has 1 aliphatic heterocycles. The van der Waals surface area contributed by atoms with Gasteiger partial charge in [0.05, 0.1) is 24.9 Å². The topological polar surface area (TPSA) is 56.1 Å². The number of para-hydroxylation sites is 1. The second-order valence-electron chi connectivity index (χ2n) is 5.75. The Balaban J connectivity index is 1.78. The van der Waals surface area contributed by atoms with E-state index in [2.05, 4.69) is 44.7 Å². The van der Waals surface area contributed by atoms with Crippen LogP contribution in [0.15, 0.2) is 60.7 Å². The first-order valence-corrected chi connectivity index (χ1v) is 8.14. The standard InChI is InChI=1S/C18H19N5O/c1-3-7-15(8-4-1)17(22-11-13-24-14-12-22)18-19-20-21-23(18)16-9-5-2-6-10-16/h1-10,17H,11-14H2/t17-/m1/s1. The van der Waals surface area contributed by atoms with Crippen LogP contribution < -0.4 is 0 Å². The van der Waals surface area contributed by atoms with Crippen molar-refractivity contribution < 1.29 is 4.74 Å². The number of rotatable bonds is 4. The van der Waals surface area contributed by atoms with Gasteiger partial charge in [0.15, 0.2) is 5.82 Å². The van der Waals surface area contributed by atoms with E-state index in [-0.39, 0.29) is 6.04 Å². The molecule has 0 saturated carbocycles. The van der Waals surface area contributed by atoms with Crippen molar-refractivity contribution in [2.45, 2.75) is 6.04 Å². The van der Waals surface area contributed by atoms with Crippen molar-refractivity contribution in [3.8, 4) is 5.69 Å². The molecule has 24 heavy (non-hydrogen) atoms. The molecule has 0 amide bonds. The highest BCUT2D eigenvalue weighted by molar-refractivity contribution is 5.33. The van der Waals surface area contributed by atoms with E-state index in [4.69, 9.17) is 4.74 Å². The number of ether oxygens (including phenoxy) is 1. The number of aromatic nitrogens is 4. The molecule has 2 heterocycles. The number of benzene rings is 2. The summed E-state index contributed by atoms with van der Waals surface area (Å²) >= 11 is 0. The van der Waals surface area contributed by atoms with Crippen LogP contribution in [-0.4, -0.2) is 51.4 Å². The fraction of sp³-hybridized carbons (Fsp3) is 0.278. The molecule has 4 rings (SSSR count). The minimum absolute atomic E-state index is 0.00491. The zero-order valence-electron chi connectivity index (χ0n) is 13.3. The van der Waals surface area contributed by atoms with Crippen LogP contribution in [0.1, 0.15) is 17.4 Å². The highest BCUT2D eigenvalue weighted by Crippen LogP contribution is 2.28. The fourth-order valence-corrected chi connectivity index (χ4v) is 3.11. The average Bonchev–Trinajstić information content (AvgIpc) is 3.14. The van der Waals surface area contributed by atoms with Crippen molar-refractivity contribution >= 4 is 0 Å². The molecule has 0 unspecified atom stereocenters. The van der Waals surface area contributed by atoms with E-state index in [9.17, 15) is 0 Å². The van der Waals surface area contributed by atoms with E-state index in [1.54, 1.807) is 0 Å². The smallest absolute Gasteiger partial charge is 0.178 e. The van der Waals surface area contributed by atoms with Gasteiger partial charge in [-0.3, -0.25) is 4.90 Å². The molecule has 122 valence electrons. The van der Waals surface area contributed by atoms with Gasteiger partial charge in [-0.05, 0) is 28.1 Å². The quantitative estimate of drug-likeness (QED) is 0.736. The highest BCUT2D eigenvalue weighted by atomic mass is 16.5. The van der Waals surface area contributed by atoms with Crippen LogP contribution in [0.25, 0.3) is 5.69 Å². The molecule has 6 heteroatoms. The summed E-state index contributed by atoms with van der Waals surface area (Å²) in [6.07, 6.45) is 0. The van der Waals surface area contributed by atoms with Crippen LogP contribution in [-0.2, 0) is 4.74 Å². The Morgan fingerprint density at radius 2 is 1.54 bits per heavy atom. The largest absolute Gasteiger partial charge is 0.379 e. The third-order valence-electron chi connectivity index (χ3n) is 4.27. The van der Waals surface area contributed by atoms with Crippen molar-refractivity contribution in [1.82, 2.24) is 25.1 Å². The number of hydrogen-bond acceptors (Lipinski definition) is 5. The van der Waals surface area contributed by atoms with Gasteiger partial charge in [-0.1, -0.05) is 48.5 Å². The molecule has 3 aromatic rings. The fourth-order valence-electron chi connectivity index (χ4n) is 3.11. The summed E-state index contributed by atoms with van der Waals surface area (Å²) in [5.41, 5.74) is 2.15. The third-order valence-corrected chi connectivity index (χ3v) is 4.27. The lowest BCUT2D eigenvalue weighted by atomic mass is 10.0. The molecule has 0 radical (unpaired) electrons. The third kappa shape index (κ3) is 2.93. The summed E-state index contributed by atoms with van der Waals surface area (Å²) in [7, 11) is 0. The van der Waals surface area contributed by atoms with E-state index in [1.165, 1.54) is 5.56 Å². The minimum atomic E-state index is 0.00491. The Morgan fingerprint density at radius 3 is 2.25 bits per heavy atom. The van der Waals surface area contributed by atoms with Crippen LogP contribution in [0.2, 0.25) is 0 Å². The van der Waals surface area contributed by atoms with E-state index in [0.717, 1.165) is 37.8 Å². The van der Waals surface area contributed by atoms with Gasteiger partial charge in [0.2, 0.25) is 0 Å². The maximum atomic E-state index is 5.52. The van der Waals surface area contributed by atoms with E-state index < -0.39 is 0 Å². The Kier molecular flexibility index (Phi) is 4.31. The molecule has 2 aromatic carbocycles. The maximum absolute atomic E-state index is 5.52. The molecule has 1 atom stereocenters. The van der Waals surface area contributed by atoms with Crippen LogP contribution in [0.4, 0.5) is 0 Å². The maximum Gasteiger partial charge on any atom is 0.178 e. The molecule has 1 fully saturated rings. The van der Waals surface area contributed by atoms with Gasteiger partial charge in [-0.15, -0.1) is 5.10 Å².